The molecule has 0 bridgehead atoms. The molecule has 2 aromatic rings. The zero-order chi connectivity index (χ0) is 24.4. The monoisotopic (exact) mass is 476 g/mol. The molecule has 2 aromatic carbocycles. The first kappa shape index (κ1) is 23.7. The van der Waals surface area contributed by atoms with Crippen molar-refractivity contribution in [2.75, 3.05) is 55.7 Å². The number of para-hydroxylation sites is 2. The molecule has 5 rings (SSSR count). The summed E-state index contributed by atoms with van der Waals surface area (Å²) < 4.78 is 11.4. The second-order valence-electron chi connectivity index (χ2n) is 9.61. The van der Waals surface area contributed by atoms with Crippen molar-refractivity contribution in [3.63, 3.8) is 0 Å². The van der Waals surface area contributed by atoms with Gasteiger partial charge in [0, 0.05) is 32.6 Å². The summed E-state index contributed by atoms with van der Waals surface area (Å²) in [6.45, 7) is 7.21. The van der Waals surface area contributed by atoms with Crippen molar-refractivity contribution in [3.05, 3.63) is 48.0 Å². The molecule has 0 unspecified atom stereocenters. The lowest BCUT2D eigenvalue weighted by atomic mass is 9.98. The van der Waals surface area contributed by atoms with Crippen LogP contribution in [0.4, 0.5) is 11.4 Å². The van der Waals surface area contributed by atoms with Crippen molar-refractivity contribution in [1.29, 1.82) is 0 Å². The van der Waals surface area contributed by atoms with Gasteiger partial charge in [-0.15, -0.1) is 0 Å². The van der Waals surface area contributed by atoms with E-state index in [9.17, 15) is 9.59 Å². The summed E-state index contributed by atoms with van der Waals surface area (Å²) in [6, 6.07) is 14.4. The van der Waals surface area contributed by atoms with Crippen LogP contribution in [-0.2, 0) is 16.1 Å². The smallest absolute Gasteiger partial charge is 0.247 e. The van der Waals surface area contributed by atoms with Gasteiger partial charge in [-0.1, -0.05) is 18.2 Å². The Kier molecular flexibility index (Phi) is 6.97. The molecule has 0 saturated carbocycles. The summed E-state index contributed by atoms with van der Waals surface area (Å²) in [5.74, 6) is 1.55. The van der Waals surface area contributed by atoms with E-state index in [-0.39, 0.29) is 18.4 Å². The number of rotatable bonds is 6. The molecule has 3 aliphatic rings. The fraction of sp³-hybridized carbons (Fsp3) is 0.462. The van der Waals surface area contributed by atoms with E-state index in [0.717, 1.165) is 61.9 Å². The largest absolute Gasteiger partial charge is 0.486 e. The van der Waals surface area contributed by atoms with E-state index < -0.39 is 0 Å². The van der Waals surface area contributed by atoms with Crippen molar-refractivity contribution in [2.45, 2.75) is 32.4 Å². The molecule has 0 N–H and O–H groups in total. The molecule has 3 heterocycles. The molecular formula is C26H33BN4O4. The second-order valence-corrected chi connectivity index (χ2v) is 9.61. The molecular weight excluding hydrogens is 443 g/mol. The van der Waals surface area contributed by atoms with E-state index in [0.29, 0.717) is 25.8 Å². The molecule has 8 nitrogen and oxygen atoms in total. The van der Waals surface area contributed by atoms with Crippen molar-refractivity contribution in [2.24, 2.45) is 0 Å². The van der Waals surface area contributed by atoms with Crippen LogP contribution in [-0.4, -0.2) is 81.5 Å². The Labute approximate surface area is 207 Å². The topological polar surface area (TPSA) is 65.6 Å². The molecule has 1 fully saturated rings. The first-order valence-electron chi connectivity index (χ1n) is 12.5. The normalized spacial score (nSPS) is 18.6. The SMILES string of the molecule is BN(Cc1ccc2c(c1)OCCO2)C1CCN(CCN2C(=O)CN(C(C)=O)c3ccccc32)CC1. The third-order valence-electron chi connectivity index (χ3n) is 7.30. The lowest BCUT2D eigenvalue weighted by Gasteiger charge is -2.39. The summed E-state index contributed by atoms with van der Waals surface area (Å²) in [7, 11) is 2.20. The second kappa shape index (κ2) is 10.3. The summed E-state index contributed by atoms with van der Waals surface area (Å²) in [5.41, 5.74) is 2.88. The molecule has 35 heavy (non-hydrogen) atoms. The highest BCUT2D eigenvalue weighted by Crippen LogP contribution is 2.34. The van der Waals surface area contributed by atoms with E-state index in [2.05, 4.69) is 29.8 Å². The van der Waals surface area contributed by atoms with Crippen LogP contribution >= 0.6 is 0 Å². The first-order valence-corrected chi connectivity index (χ1v) is 12.5. The molecule has 0 aliphatic carbocycles. The molecule has 9 heteroatoms. The highest BCUT2D eigenvalue weighted by atomic mass is 16.6. The van der Waals surface area contributed by atoms with E-state index >= 15 is 0 Å². The molecule has 0 spiro atoms. The lowest BCUT2D eigenvalue weighted by Crippen LogP contribution is -2.51. The van der Waals surface area contributed by atoms with Gasteiger partial charge in [0.25, 0.3) is 0 Å². The Morgan fingerprint density at radius 3 is 2.49 bits per heavy atom. The van der Waals surface area contributed by atoms with E-state index in [1.165, 1.54) is 12.5 Å². The van der Waals surface area contributed by atoms with Crippen molar-refractivity contribution in [3.8, 4) is 11.5 Å². The Morgan fingerprint density at radius 2 is 1.74 bits per heavy atom. The lowest BCUT2D eigenvalue weighted by molar-refractivity contribution is -0.121. The average molecular weight is 476 g/mol. The van der Waals surface area contributed by atoms with Gasteiger partial charge in [-0.05, 0) is 55.8 Å². The summed E-state index contributed by atoms with van der Waals surface area (Å²) in [4.78, 5) is 33.1. The van der Waals surface area contributed by atoms with Gasteiger partial charge in [-0.3, -0.25) is 9.59 Å². The van der Waals surface area contributed by atoms with Crippen LogP contribution in [0.2, 0.25) is 0 Å². The van der Waals surface area contributed by atoms with Crippen LogP contribution in [0.25, 0.3) is 0 Å². The van der Waals surface area contributed by atoms with Crippen molar-refractivity contribution >= 4 is 31.2 Å². The quantitative estimate of drug-likeness (QED) is 0.592. The number of carbonyl (C=O) groups excluding carboxylic acids is 2. The molecule has 3 aliphatic heterocycles. The van der Waals surface area contributed by atoms with E-state index in [1.54, 1.807) is 4.90 Å². The third-order valence-corrected chi connectivity index (χ3v) is 7.30. The summed E-state index contributed by atoms with van der Waals surface area (Å²) in [6.07, 6.45) is 2.20. The maximum atomic E-state index is 12.8. The van der Waals surface area contributed by atoms with E-state index in [1.807, 2.05) is 35.2 Å². The standard InChI is InChI=1S/C26H33BN4O4/c1-19(32)30-18-26(33)29(22-4-2-3-5-23(22)30)13-12-28-10-8-21(9-11-28)31(27)17-20-6-7-24-25(16-20)35-15-14-34-24/h2-7,16,21H,8-15,17-18,27H2,1H3. The molecule has 1 saturated heterocycles. The fourth-order valence-corrected chi connectivity index (χ4v) is 5.32. The van der Waals surface area contributed by atoms with Crippen LogP contribution < -0.4 is 19.3 Å². The predicted octanol–water partition coefficient (Wildman–Crippen LogP) is 1.67. The zero-order valence-corrected chi connectivity index (χ0v) is 20.6. The van der Waals surface area contributed by atoms with Gasteiger partial charge in [-0.25, -0.2) is 0 Å². The summed E-state index contributed by atoms with van der Waals surface area (Å²) >= 11 is 0. The molecule has 184 valence electrons. The number of fused-ring (bicyclic) bond motifs is 2. The van der Waals surface area contributed by atoms with Crippen LogP contribution in [0, 0.1) is 0 Å². The predicted molar refractivity (Wildman–Crippen MR) is 138 cm³/mol. The number of benzene rings is 2. The molecule has 2 amide bonds. The number of piperidine rings is 1. The minimum atomic E-state index is -0.104. The number of amides is 2. The van der Waals surface area contributed by atoms with Crippen LogP contribution in [0.5, 0.6) is 11.5 Å². The number of hydrogen-bond donors (Lipinski definition) is 0. The number of anilines is 2. The van der Waals surface area contributed by atoms with Gasteiger partial charge < -0.3 is 29.0 Å². The van der Waals surface area contributed by atoms with Crippen LogP contribution in [0.1, 0.15) is 25.3 Å². The van der Waals surface area contributed by atoms with Gasteiger partial charge in [0.2, 0.25) is 11.8 Å². The minimum absolute atomic E-state index is 0.0204. The van der Waals surface area contributed by atoms with Crippen molar-refractivity contribution in [1.82, 2.24) is 9.71 Å². The Balaban J connectivity index is 1.13. The number of nitrogens with zero attached hydrogens (tertiary/aromatic N) is 4. The molecule has 0 atom stereocenters. The fourth-order valence-electron chi connectivity index (χ4n) is 5.32. The highest BCUT2D eigenvalue weighted by molar-refractivity contribution is 6.10. The van der Waals surface area contributed by atoms with Crippen LogP contribution in [0.15, 0.2) is 42.5 Å². The van der Waals surface area contributed by atoms with E-state index in [4.69, 9.17) is 9.47 Å². The average Bonchev–Trinajstić information content (AvgIpc) is 2.88. The number of likely N-dealkylation sites (tertiary alicyclic amines) is 1. The number of ether oxygens (including phenoxy) is 2. The molecule has 0 aromatic heterocycles. The number of hydrogen-bond acceptors (Lipinski definition) is 6. The Bertz CT molecular complexity index is 1090. The van der Waals surface area contributed by atoms with Gasteiger partial charge in [0.05, 0.1) is 11.4 Å². The first-order chi connectivity index (χ1) is 17.0. The van der Waals surface area contributed by atoms with Crippen molar-refractivity contribution < 1.29 is 19.1 Å². The maximum Gasteiger partial charge on any atom is 0.247 e. The maximum absolute atomic E-state index is 12.8. The van der Waals surface area contributed by atoms with Gasteiger partial charge in [0.1, 0.15) is 19.8 Å². The number of carbonyl (C=O) groups is 2. The Morgan fingerprint density at radius 1 is 1.03 bits per heavy atom. The Hall–Kier alpha value is -3.04. The third kappa shape index (κ3) is 5.16. The summed E-state index contributed by atoms with van der Waals surface area (Å²) in [5, 5.41) is 0. The zero-order valence-electron chi connectivity index (χ0n) is 20.6. The molecule has 0 radical (unpaired) electrons. The van der Waals surface area contributed by atoms with Gasteiger partial charge in [-0.2, -0.15) is 0 Å². The minimum Gasteiger partial charge on any atom is -0.486 e. The van der Waals surface area contributed by atoms with Gasteiger partial charge >= 0.3 is 0 Å². The van der Waals surface area contributed by atoms with Gasteiger partial charge in [0.15, 0.2) is 19.5 Å². The van der Waals surface area contributed by atoms with Crippen LogP contribution in [0.3, 0.4) is 0 Å². The highest BCUT2D eigenvalue weighted by Gasteiger charge is 2.31.